The Bertz CT molecular complexity index is 729. The van der Waals surface area contributed by atoms with Crippen LogP contribution in [0, 0.1) is 0 Å². The summed E-state index contributed by atoms with van der Waals surface area (Å²) in [4.78, 5) is 2.68. The summed E-state index contributed by atoms with van der Waals surface area (Å²) >= 11 is 1.15. The van der Waals surface area contributed by atoms with Gasteiger partial charge in [-0.1, -0.05) is 17.2 Å². The Morgan fingerprint density at radius 1 is 1.39 bits per heavy atom. The number of hydrogen-bond donors (Lipinski definition) is 1. The number of sulfonamides is 1. The lowest BCUT2D eigenvalue weighted by Crippen LogP contribution is -2.09. The van der Waals surface area contributed by atoms with Crippen molar-refractivity contribution in [2.75, 3.05) is 6.54 Å². The molecule has 0 aliphatic carbocycles. The summed E-state index contributed by atoms with van der Waals surface area (Å²) < 4.78 is 23.5. The van der Waals surface area contributed by atoms with E-state index in [0.717, 1.165) is 27.0 Å². The molecule has 0 spiro atoms. The molecule has 0 aliphatic rings. The van der Waals surface area contributed by atoms with Crippen LogP contribution in [0.1, 0.15) is 5.56 Å². The number of hydrogen-bond acceptors (Lipinski definition) is 4. The van der Waals surface area contributed by atoms with Gasteiger partial charge in [0, 0.05) is 16.2 Å². The summed E-state index contributed by atoms with van der Waals surface area (Å²) in [6, 6.07) is 7.18. The third-order valence-corrected chi connectivity index (χ3v) is 4.94. The molecule has 0 saturated heterocycles. The predicted molar refractivity (Wildman–Crippen MR) is 70.9 cm³/mol. The lowest BCUT2D eigenvalue weighted by atomic mass is 10.1. The maximum atomic E-state index is 11.2. The van der Waals surface area contributed by atoms with Crippen LogP contribution in [0.3, 0.4) is 0 Å². The summed E-state index contributed by atoms with van der Waals surface area (Å²) in [6.07, 6.45) is 0.626. The average Bonchev–Trinajstić information content (AvgIpc) is 2.72. The fraction of sp³-hybridized carbons (Fsp3) is 0.200. The molecule has 18 heavy (non-hydrogen) atoms. The van der Waals surface area contributed by atoms with E-state index < -0.39 is 10.0 Å². The van der Waals surface area contributed by atoms with Gasteiger partial charge in [0.25, 0.3) is 0 Å². The molecule has 0 fully saturated rings. The van der Waals surface area contributed by atoms with Crippen LogP contribution in [0.4, 0.5) is 0 Å². The van der Waals surface area contributed by atoms with E-state index in [1.807, 2.05) is 18.2 Å². The summed E-state index contributed by atoms with van der Waals surface area (Å²) in [5.74, 6) is 0. The molecule has 8 heteroatoms. The van der Waals surface area contributed by atoms with Crippen LogP contribution >= 0.6 is 11.3 Å². The van der Waals surface area contributed by atoms with Crippen molar-refractivity contribution < 1.29 is 8.42 Å². The van der Waals surface area contributed by atoms with E-state index in [1.165, 1.54) is 0 Å². The lowest BCUT2D eigenvalue weighted by Gasteiger charge is -1.97. The minimum absolute atomic E-state index is 0.157. The van der Waals surface area contributed by atoms with Crippen molar-refractivity contribution in [3.8, 4) is 0 Å². The standard InChI is InChI=1S/C10H10N4O2S2/c11-14-13-4-3-7-1-2-9-8(5-7)6-10(17-9)18(12,15)16/h1-2,5-6H,3-4H2,(H2,12,15,16). The molecular formula is C10H10N4O2S2. The highest BCUT2D eigenvalue weighted by molar-refractivity contribution is 7.91. The van der Waals surface area contributed by atoms with Crippen molar-refractivity contribution in [2.45, 2.75) is 10.6 Å². The smallest absolute Gasteiger partial charge is 0.224 e. The summed E-state index contributed by atoms with van der Waals surface area (Å²) in [5, 5.41) is 9.38. The van der Waals surface area contributed by atoms with E-state index in [9.17, 15) is 8.42 Å². The Hall–Kier alpha value is -1.60. The van der Waals surface area contributed by atoms with Crippen molar-refractivity contribution >= 4 is 31.4 Å². The fourth-order valence-corrected chi connectivity index (χ4v) is 3.39. The maximum absolute atomic E-state index is 11.2. The molecule has 1 aromatic carbocycles. The van der Waals surface area contributed by atoms with E-state index >= 15 is 0 Å². The number of fused-ring (bicyclic) bond motifs is 1. The molecule has 2 aromatic rings. The molecule has 0 amide bonds. The van der Waals surface area contributed by atoms with Crippen molar-refractivity contribution in [1.82, 2.24) is 0 Å². The lowest BCUT2D eigenvalue weighted by molar-refractivity contribution is 0.600. The first-order chi connectivity index (χ1) is 8.50. The Morgan fingerprint density at radius 2 is 2.17 bits per heavy atom. The van der Waals surface area contributed by atoms with Crippen molar-refractivity contribution in [2.24, 2.45) is 10.3 Å². The first-order valence-corrected chi connectivity index (χ1v) is 7.43. The zero-order valence-electron chi connectivity index (χ0n) is 9.28. The number of thiophene rings is 1. The first kappa shape index (κ1) is 12.8. The van der Waals surface area contributed by atoms with Crippen LogP contribution in [0.5, 0.6) is 0 Å². The van der Waals surface area contributed by atoms with Crippen LogP contribution in [-0.2, 0) is 16.4 Å². The molecule has 94 valence electrons. The van der Waals surface area contributed by atoms with Crippen LogP contribution < -0.4 is 5.14 Å². The second-order valence-corrected chi connectivity index (χ2v) is 6.56. The third-order valence-electron chi connectivity index (χ3n) is 2.40. The highest BCUT2D eigenvalue weighted by Crippen LogP contribution is 2.29. The molecule has 0 saturated carbocycles. The van der Waals surface area contributed by atoms with E-state index in [4.69, 9.17) is 10.7 Å². The highest BCUT2D eigenvalue weighted by Gasteiger charge is 2.12. The zero-order valence-corrected chi connectivity index (χ0v) is 10.9. The van der Waals surface area contributed by atoms with Gasteiger partial charge < -0.3 is 0 Å². The molecule has 0 atom stereocenters. The SMILES string of the molecule is [N-]=[N+]=NCCc1ccc2sc(S(N)(=O)=O)cc2c1. The Morgan fingerprint density at radius 3 is 2.83 bits per heavy atom. The summed E-state index contributed by atoms with van der Waals surface area (Å²) in [5.41, 5.74) is 9.18. The van der Waals surface area contributed by atoms with Gasteiger partial charge in [0.05, 0.1) is 0 Å². The quantitative estimate of drug-likeness (QED) is 0.527. The Balaban J connectivity index is 2.36. The normalized spacial score (nSPS) is 11.4. The minimum Gasteiger partial charge on any atom is -0.224 e. The number of primary sulfonamides is 1. The number of nitrogens with two attached hydrogens (primary N) is 1. The average molecular weight is 282 g/mol. The molecule has 2 rings (SSSR count). The van der Waals surface area contributed by atoms with Gasteiger partial charge in [-0.05, 0) is 35.0 Å². The first-order valence-electron chi connectivity index (χ1n) is 5.07. The molecule has 2 N–H and O–H groups in total. The van der Waals surface area contributed by atoms with Crippen LogP contribution in [-0.4, -0.2) is 15.0 Å². The Kier molecular flexibility index (Phi) is 3.53. The van der Waals surface area contributed by atoms with E-state index in [-0.39, 0.29) is 4.21 Å². The van der Waals surface area contributed by atoms with Crippen LogP contribution in [0.25, 0.3) is 20.5 Å². The fourth-order valence-electron chi connectivity index (χ4n) is 1.59. The van der Waals surface area contributed by atoms with Gasteiger partial charge in [0.2, 0.25) is 10.0 Å². The van der Waals surface area contributed by atoms with Gasteiger partial charge >= 0.3 is 0 Å². The molecule has 6 nitrogen and oxygen atoms in total. The van der Waals surface area contributed by atoms with Gasteiger partial charge in [-0.3, -0.25) is 0 Å². The van der Waals surface area contributed by atoms with E-state index in [0.29, 0.717) is 13.0 Å². The molecule has 1 heterocycles. The second kappa shape index (κ2) is 4.95. The van der Waals surface area contributed by atoms with Crippen LogP contribution in [0.2, 0.25) is 0 Å². The predicted octanol–water partition coefficient (Wildman–Crippen LogP) is 2.40. The monoisotopic (exact) mass is 282 g/mol. The molecule has 0 bridgehead atoms. The molecule has 0 aliphatic heterocycles. The van der Waals surface area contributed by atoms with E-state index in [1.54, 1.807) is 6.07 Å². The Labute approximate surface area is 108 Å². The molecule has 0 unspecified atom stereocenters. The number of rotatable bonds is 4. The van der Waals surface area contributed by atoms with Gasteiger partial charge in [-0.15, -0.1) is 11.3 Å². The topological polar surface area (TPSA) is 109 Å². The molecule has 1 aromatic heterocycles. The number of nitrogens with zero attached hydrogens (tertiary/aromatic N) is 3. The summed E-state index contributed by atoms with van der Waals surface area (Å²) in [7, 11) is -3.65. The maximum Gasteiger partial charge on any atom is 0.247 e. The second-order valence-electron chi connectivity index (χ2n) is 3.69. The van der Waals surface area contributed by atoms with Gasteiger partial charge in [0.15, 0.2) is 0 Å². The number of azide groups is 1. The van der Waals surface area contributed by atoms with Gasteiger partial charge in [-0.25, -0.2) is 13.6 Å². The van der Waals surface area contributed by atoms with Crippen molar-refractivity contribution in [3.63, 3.8) is 0 Å². The zero-order chi connectivity index (χ0) is 13.2. The molecule has 0 radical (unpaired) electrons. The minimum atomic E-state index is -3.65. The van der Waals surface area contributed by atoms with Crippen molar-refractivity contribution in [1.29, 1.82) is 0 Å². The van der Waals surface area contributed by atoms with Crippen LogP contribution in [0.15, 0.2) is 33.6 Å². The number of benzene rings is 1. The highest BCUT2D eigenvalue weighted by atomic mass is 32.2. The van der Waals surface area contributed by atoms with Crippen molar-refractivity contribution in [3.05, 3.63) is 40.3 Å². The van der Waals surface area contributed by atoms with Gasteiger partial charge in [0.1, 0.15) is 4.21 Å². The largest absolute Gasteiger partial charge is 0.247 e. The van der Waals surface area contributed by atoms with E-state index in [2.05, 4.69) is 10.0 Å². The summed E-state index contributed by atoms with van der Waals surface area (Å²) in [6.45, 7) is 0.383. The van der Waals surface area contributed by atoms with Gasteiger partial charge in [-0.2, -0.15) is 0 Å². The third kappa shape index (κ3) is 2.80. The molecular weight excluding hydrogens is 272 g/mol.